The summed E-state index contributed by atoms with van der Waals surface area (Å²) in [5, 5.41) is 3.46. The predicted molar refractivity (Wildman–Crippen MR) is 77.7 cm³/mol. The molecule has 1 aromatic heterocycles. The molecule has 3 heterocycles. The average molecular weight is 261 g/mol. The first kappa shape index (κ1) is 12.7. The van der Waals surface area contributed by atoms with E-state index in [-0.39, 0.29) is 0 Å². The van der Waals surface area contributed by atoms with Crippen LogP contribution in [0.5, 0.6) is 0 Å². The maximum Gasteiger partial charge on any atom is 0.128 e. The van der Waals surface area contributed by atoms with Gasteiger partial charge in [-0.2, -0.15) is 0 Å². The summed E-state index contributed by atoms with van der Waals surface area (Å²) in [6, 6.07) is 4.27. The van der Waals surface area contributed by atoms with Gasteiger partial charge >= 0.3 is 0 Å². The maximum absolute atomic E-state index is 5.26. The van der Waals surface area contributed by atoms with Crippen LogP contribution in [-0.4, -0.2) is 37.8 Å². The maximum atomic E-state index is 5.26. The summed E-state index contributed by atoms with van der Waals surface area (Å²) in [7, 11) is 0. The van der Waals surface area contributed by atoms with Gasteiger partial charge in [0.15, 0.2) is 0 Å². The minimum Gasteiger partial charge on any atom is -0.383 e. The molecule has 0 radical (unpaired) electrons. The average Bonchev–Trinajstić information content (AvgIpc) is 2.45. The van der Waals surface area contributed by atoms with E-state index in [0.29, 0.717) is 5.41 Å². The molecule has 0 unspecified atom stereocenters. The zero-order valence-corrected chi connectivity index (χ0v) is 11.7. The van der Waals surface area contributed by atoms with Crippen molar-refractivity contribution in [3.8, 4) is 0 Å². The highest BCUT2D eigenvalue weighted by Gasteiger charge is 2.32. The summed E-state index contributed by atoms with van der Waals surface area (Å²) in [4.78, 5) is 6.96. The van der Waals surface area contributed by atoms with Gasteiger partial charge in [0, 0.05) is 25.0 Å². The van der Waals surface area contributed by atoms with Crippen molar-refractivity contribution in [3.05, 3.63) is 18.3 Å². The highest BCUT2D eigenvalue weighted by Crippen LogP contribution is 2.27. The summed E-state index contributed by atoms with van der Waals surface area (Å²) in [6.07, 6.45) is 5.89. The lowest BCUT2D eigenvalue weighted by molar-refractivity contribution is -0.0924. The Labute approximate surface area is 115 Å². The second kappa shape index (κ2) is 5.37. The van der Waals surface area contributed by atoms with E-state index in [2.05, 4.69) is 34.3 Å². The van der Waals surface area contributed by atoms with Gasteiger partial charge in [-0.05, 0) is 31.4 Å². The fraction of sp³-hybridized carbons (Fsp3) is 0.667. The monoisotopic (exact) mass is 261 g/mol. The Morgan fingerprint density at radius 3 is 2.63 bits per heavy atom. The largest absolute Gasteiger partial charge is 0.383 e. The lowest BCUT2D eigenvalue weighted by Crippen LogP contribution is -2.45. The first-order chi connectivity index (χ1) is 9.25. The van der Waals surface area contributed by atoms with Gasteiger partial charge in [0.25, 0.3) is 0 Å². The molecule has 0 spiro atoms. The molecule has 0 bridgehead atoms. The van der Waals surface area contributed by atoms with Gasteiger partial charge in [-0.25, -0.2) is 4.98 Å². The number of aromatic nitrogens is 1. The Bertz CT molecular complexity index is 408. The topological polar surface area (TPSA) is 37.4 Å². The molecule has 3 rings (SSSR count). The van der Waals surface area contributed by atoms with Crippen LogP contribution in [0.3, 0.4) is 0 Å². The Hall–Kier alpha value is -1.29. The molecule has 1 aromatic rings. The molecule has 104 valence electrons. The van der Waals surface area contributed by atoms with Gasteiger partial charge in [-0.3, -0.25) is 0 Å². The minimum atomic E-state index is 0.297. The van der Waals surface area contributed by atoms with Gasteiger partial charge in [0.05, 0.1) is 25.1 Å². The molecule has 0 aromatic carbocycles. The third kappa shape index (κ3) is 3.00. The molecule has 0 amide bonds. The zero-order chi connectivity index (χ0) is 13.1. The van der Waals surface area contributed by atoms with E-state index in [1.54, 1.807) is 0 Å². The van der Waals surface area contributed by atoms with E-state index in [1.165, 1.54) is 19.3 Å². The van der Waals surface area contributed by atoms with Gasteiger partial charge < -0.3 is 15.0 Å². The lowest BCUT2D eigenvalue weighted by atomic mass is 9.89. The fourth-order valence-corrected chi connectivity index (χ4v) is 2.67. The summed E-state index contributed by atoms with van der Waals surface area (Å²) < 4.78 is 5.26. The van der Waals surface area contributed by atoms with Crippen LogP contribution >= 0.6 is 0 Å². The molecular formula is C15H23N3O. The highest BCUT2D eigenvalue weighted by molar-refractivity contribution is 5.48. The molecule has 1 N–H and O–H groups in total. The molecule has 0 saturated carbocycles. The van der Waals surface area contributed by atoms with Crippen LogP contribution < -0.4 is 10.2 Å². The smallest absolute Gasteiger partial charge is 0.128 e. The van der Waals surface area contributed by atoms with Crippen molar-refractivity contribution in [1.82, 2.24) is 4.98 Å². The van der Waals surface area contributed by atoms with Crippen molar-refractivity contribution in [1.29, 1.82) is 0 Å². The number of anilines is 2. The van der Waals surface area contributed by atoms with Crippen molar-refractivity contribution >= 4 is 11.5 Å². The van der Waals surface area contributed by atoms with Crippen molar-refractivity contribution in [3.63, 3.8) is 0 Å². The van der Waals surface area contributed by atoms with Crippen LogP contribution in [0.25, 0.3) is 0 Å². The number of hydrogen-bond acceptors (Lipinski definition) is 4. The number of hydrogen-bond donors (Lipinski definition) is 1. The molecule has 0 aliphatic carbocycles. The first-order valence-electron chi connectivity index (χ1n) is 7.28. The SMILES string of the molecule is CC1(CNc2ccc(N3CCCCC3)nc2)COC1. The number of pyridine rings is 1. The summed E-state index contributed by atoms with van der Waals surface area (Å²) >= 11 is 0. The summed E-state index contributed by atoms with van der Waals surface area (Å²) in [5.41, 5.74) is 1.40. The van der Waals surface area contributed by atoms with Gasteiger partial charge in [0.1, 0.15) is 5.82 Å². The summed E-state index contributed by atoms with van der Waals surface area (Å²) in [6.45, 7) is 7.22. The van der Waals surface area contributed by atoms with Gasteiger partial charge in [0.2, 0.25) is 0 Å². The minimum absolute atomic E-state index is 0.297. The Morgan fingerprint density at radius 2 is 2.05 bits per heavy atom. The quantitative estimate of drug-likeness (QED) is 0.903. The van der Waals surface area contributed by atoms with Crippen LogP contribution in [0.1, 0.15) is 26.2 Å². The molecule has 2 fully saturated rings. The van der Waals surface area contributed by atoms with Crippen molar-refractivity contribution in [2.24, 2.45) is 5.41 Å². The van der Waals surface area contributed by atoms with Crippen LogP contribution in [-0.2, 0) is 4.74 Å². The molecule has 2 saturated heterocycles. The number of piperidine rings is 1. The normalized spacial score (nSPS) is 21.8. The third-order valence-electron chi connectivity index (χ3n) is 4.05. The van der Waals surface area contributed by atoms with E-state index in [4.69, 9.17) is 4.74 Å². The zero-order valence-electron chi connectivity index (χ0n) is 11.7. The van der Waals surface area contributed by atoms with Crippen molar-refractivity contribution < 1.29 is 4.74 Å². The number of nitrogens with zero attached hydrogens (tertiary/aromatic N) is 2. The fourth-order valence-electron chi connectivity index (χ4n) is 2.67. The van der Waals surface area contributed by atoms with E-state index >= 15 is 0 Å². The Kier molecular flexibility index (Phi) is 3.60. The van der Waals surface area contributed by atoms with Crippen molar-refractivity contribution in [2.45, 2.75) is 26.2 Å². The van der Waals surface area contributed by atoms with Crippen LogP contribution in [0.15, 0.2) is 18.3 Å². The number of nitrogens with one attached hydrogen (secondary N) is 1. The second-order valence-corrected chi connectivity index (χ2v) is 6.11. The molecular weight excluding hydrogens is 238 g/mol. The Morgan fingerprint density at radius 1 is 1.26 bits per heavy atom. The molecule has 4 nitrogen and oxygen atoms in total. The third-order valence-corrected chi connectivity index (χ3v) is 4.05. The van der Waals surface area contributed by atoms with Crippen LogP contribution in [0.2, 0.25) is 0 Å². The van der Waals surface area contributed by atoms with E-state index in [0.717, 1.165) is 44.4 Å². The van der Waals surface area contributed by atoms with Gasteiger partial charge in [-0.1, -0.05) is 6.92 Å². The lowest BCUT2D eigenvalue weighted by Gasteiger charge is -2.38. The van der Waals surface area contributed by atoms with E-state index in [1.807, 2.05) is 6.20 Å². The van der Waals surface area contributed by atoms with E-state index in [9.17, 15) is 0 Å². The summed E-state index contributed by atoms with van der Waals surface area (Å²) in [5.74, 6) is 1.11. The standard InChI is InChI=1S/C15H23N3O/c1-15(11-19-12-15)10-17-13-5-6-14(16-9-13)18-7-3-2-4-8-18/h5-6,9,17H,2-4,7-8,10-12H2,1H3. The Balaban J connectivity index is 1.55. The highest BCUT2D eigenvalue weighted by atomic mass is 16.5. The van der Waals surface area contributed by atoms with E-state index < -0.39 is 0 Å². The second-order valence-electron chi connectivity index (χ2n) is 6.11. The van der Waals surface area contributed by atoms with Crippen LogP contribution in [0, 0.1) is 5.41 Å². The molecule has 0 atom stereocenters. The van der Waals surface area contributed by atoms with Gasteiger partial charge in [-0.15, -0.1) is 0 Å². The van der Waals surface area contributed by atoms with Crippen LogP contribution in [0.4, 0.5) is 11.5 Å². The molecule has 2 aliphatic heterocycles. The molecule has 19 heavy (non-hydrogen) atoms. The van der Waals surface area contributed by atoms with Crippen molar-refractivity contribution in [2.75, 3.05) is 43.1 Å². The molecule has 4 heteroatoms. The number of rotatable bonds is 4. The number of ether oxygens (including phenoxy) is 1. The first-order valence-corrected chi connectivity index (χ1v) is 7.28. The molecule has 2 aliphatic rings. The predicted octanol–water partition coefficient (Wildman–Crippen LogP) is 2.52.